The van der Waals surface area contributed by atoms with Crippen molar-refractivity contribution in [1.29, 1.82) is 0 Å². The average Bonchev–Trinajstić information content (AvgIpc) is 3.40. The monoisotopic (exact) mass is 705 g/mol. The molecule has 4 rings (SSSR count). The Kier molecular flexibility index (Phi) is 16.8. The highest BCUT2D eigenvalue weighted by Crippen LogP contribution is 2.63. The highest BCUT2D eigenvalue weighted by atomic mass is 16.7. The van der Waals surface area contributed by atoms with Crippen LogP contribution in [0.2, 0.25) is 0 Å². The van der Waals surface area contributed by atoms with Crippen LogP contribution < -0.4 is 4.74 Å². The van der Waals surface area contributed by atoms with Gasteiger partial charge in [-0.15, -0.1) is 0 Å². The van der Waals surface area contributed by atoms with Crippen LogP contribution in [-0.2, 0) is 39.6 Å². The van der Waals surface area contributed by atoms with E-state index in [1.807, 2.05) is 26.8 Å². The van der Waals surface area contributed by atoms with Crippen molar-refractivity contribution < 1.29 is 43.1 Å². The van der Waals surface area contributed by atoms with Crippen LogP contribution in [0.15, 0.2) is 18.2 Å². The van der Waals surface area contributed by atoms with E-state index < -0.39 is 5.60 Å². The van der Waals surface area contributed by atoms with Crippen LogP contribution in [0.1, 0.15) is 103 Å². The van der Waals surface area contributed by atoms with E-state index >= 15 is 0 Å². The topological polar surface area (TPSA) is 105 Å². The second-order valence-corrected chi connectivity index (χ2v) is 15.9. The Morgan fingerprint density at radius 1 is 0.960 bits per heavy atom. The Labute approximate surface area is 301 Å². The van der Waals surface area contributed by atoms with Crippen LogP contribution in [0.25, 0.3) is 0 Å². The lowest BCUT2D eigenvalue weighted by molar-refractivity contribution is -0.156. The summed E-state index contributed by atoms with van der Waals surface area (Å²) in [6.07, 6.45) is 11.3. The summed E-state index contributed by atoms with van der Waals surface area (Å²) in [5.74, 6) is 3.13. The first kappa shape index (κ1) is 41.0. The van der Waals surface area contributed by atoms with Gasteiger partial charge >= 0.3 is 5.97 Å². The number of hydrogen-bond acceptors (Lipinski definition) is 10. The zero-order valence-electron chi connectivity index (χ0n) is 31.9. The molecule has 3 aliphatic rings. The van der Waals surface area contributed by atoms with E-state index in [1.165, 1.54) is 56.1 Å². The molecule has 1 N–H and O–H groups in total. The second kappa shape index (κ2) is 20.5. The van der Waals surface area contributed by atoms with Crippen LogP contribution >= 0.6 is 0 Å². The van der Waals surface area contributed by atoms with E-state index in [9.17, 15) is 9.90 Å². The third-order valence-electron chi connectivity index (χ3n) is 11.3. The molecule has 50 heavy (non-hydrogen) atoms. The van der Waals surface area contributed by atoms with Crippen molar-refractivity contribution >= 4 is 5.97 Å². The van der Waals surface area contributed by atoms with Crippen molar-refractivity contribution in [2.75, 3.05) is 80.5 Å². The molecule has 0 aromatic heterocycles. The van der Waals surface area contributed by atoms with Crippen molar-refractivity contribution in [2.45, 2.75) is 110 Å². The highest BCUT2D eigenvalue weighted by molar-refractivity contribution is 5.69. The Morgan fingerprint density at radius 2 is 1.70 bits per heavy atom. The highest BCUT2D eigenvalue weighted by Gasteiger charge is 2.57. The molecule has 10 nitrogen and oxygen atoms in total. The molecule has 286 valence electrons. The fourth-order valence-corrected chi connectivity index (χ4v) is 8.98. The minimum absolute atomic E-state index is 0.213. The number of nitrogens with zero attached hydrogens (tertiary/aromatic N) is 1. The Balaban J connectivity index is 1.12. The van der Waals surface area contributed by atoms with Gasteiger partial charge in [0.25, 0.3) is 0 Å². The Hall–Kier alpha value is -1.79. The first-order chi connectivity index (χ1) is 24.1. The quantitative estimate of drug-likeness (QED) is 0.0786. The van der Waals surface area contributed by atoms with Gasteiger partial charge in [0.1, 0.15) is 18.1 Å². The lowest BCUT2D eigenvalue weighted by Crippen LogP contribution is -2.47. The summed E-state index contributed by atoms with van der Waals surface area (Å²) in [7, 11) is 3.89. The third-order valence-corrected chi connectivity index (χ3v) is 11.3. The summed E-state index contributed by atoms with van der Waals surface area (Å²) in [6, 6.07) is 6.52. The molecule has 2 fully saturated rings. The van der Waals surface area contributed by atoms with Crippen molar-refractivity contribution in [3.63, 3.8) is 0 Å². The molecule has 1 aromatic carbocycles. The molecular weight excluding hydrogens is 638 g/mol. The molecule has 1 aromatic rings. The number of esters is 1. The molecule has 0 heterocycles. The van der Waals surface area contributed by atoms with Crippen molar-refractivity contribution in [1.82, 2.24) is 4.90 Å². The summed E-state index contributed by atoms with van der Waals surface area (Å²) >= 11 is 0. The zero-order chi connectivity index (χ0) is 36.0. The maximum Gasteiger partial charge on any atom is 0.308 e. The van der Waals surface area contributed by atoms with Crippen LogP contribution in [-0.4, -0.2) is 108 Å². The van der Waals surface area contributed by atoms with Gasteiger partial charge in [0.05, 0.1) is 52.2 Å². The Bertz CT molecular complexity index is 1140. The SMILES string of the molecule is COCO[C@H]1CC[C@H]2C3[C@H](CCCCCN(C)CCOCCOCCOCCC(=O)OC(C)(C)C)Cc4cc(OCO)ccc4[C@H]3CC[C@]12C. The molecule has 1 unspecified atom stereocenters. The van der Waals surface area contributed by atoms with E-state index in [-0.39, 0.29) is 30.7 Å². The number of carbonyl (C=O) groups is 1. The molecule has 0 bridgehead atoms. The van der Waals surface area contributed by atoms with E-state index in [0.717, 1.165) is 31.7 Å². The van der Waals surface area contributed by atoms with E-state index in [1.54, 1.807) is 7.11 Å². The van der Waals surface area contributed by atoms with E-state index in [4.69, 9.17) is 33.2 Å². The molecule has 0 aliphatic heterocycles. The normalized spacial score (nSPS) is 26.0. The van der Waals surface area contributed by atoms with Gasteiger partial charge < -0.3 is 43.2 Å². The minimum atomic E-state index is -0.466. The summed E-state index contributed by atoms with van der Waals surface area (Å²) in [4.78, 5) is 14.1. The lowest BCUT2D eigenvalue weighted by Gasteiger charge is -2.53. The van der Waals surface area contributed by atoms with Gasteiger partial charge in [-0.2, -0.15) is 0 Å². The number of rotatable bonds is 23. The van der Waals surface area contributed by atoms with Gasteiger partial charge in [0, 0.05) is 13.7 Å². The Morgan fingerprint density at radius 3 is 2.42 bits per heavy atom. The molecule has 0 saturated heterocycles. The van der Waals surface area contributed by atoms with Crippen molar-refractivity contribution in [2.24, 2.45) is 23.2 Å². The van der Waals surface area contributed by atoms with Gasteiger partial charge in [-0.25, -0.2) is 0 Å². The van der Waals surface area contributed by atoms with E-state index in [2.05, 4.69) is 31.0 Å². The summed E-state index contributed by atoms with van der Waals surface area (Å²) < 4.78 is 39.2. The number of aliphatic hydroxyl groups is 1. The fourth-order valence-electron chi connectivity index (χ4n) is 8.98. The number of benzene rings is 1. The molecular formula is C40H67NO9. The molecule has 3 aliphatic carbocycles. The smallest absolute Gasteiger partial charge is 0.308 e. The summed E-state index contributed by atoms with van der Waals surface area (Å²) in [5.41, 5.74) is 2.68. The number of methoxy groups -OCH3 is 1. The maximum absolute atomic E-state index is 11.7. The van der Waals surface area contributed by atoms with Crippen LogP contribution in [0, 0.1) is 23.2 Å². The van der Waals surface area contributed by atoms with Crippen molar-refractivity contribution in [3.8, 4) is 5.75 Å². The first-order valence-electron chi connectivity index (χ1n) is 19.2. The summed E-state index contributed by atoms with van der Waals surface area (Å²) in [5, 5.41) is 9.37. The van der Waals surface area contributed by atoms with Gasteiger partial charge in [0.2, 0.25) is 0 Å². The number of aliphatic hydroxyl groups excluding tert-OH is 1. The van der Waals surface area contributed by atoms with Gasteiger partial charge in [-0.05, 0) is 132 Å². The maximum atomic E-state index is 11.7. The number of carbonyl (C=O) groups excluding carboxylic acids is 1. The minimum Gasteiger partial charge on any atom is -0.468 e. The van der Waals surface area contributed by atoms with Crippen molar-refractivity contribution in [3.05, 3.63) is 29.3 Å². The third kappa shape index (κ3) is 12.1. The van der Waals surface area contributed by atoms with Gasteiger partial charge in [0.15, 0.2) is 6.79 Å². The van der Waals surface area contributed by atoms with Crippen LogP contribution in [0.4, 0.5) is 0 Å². The number of unbranched alkanes of at least 4 members (excludes halogenated alkanes) is 2. The van der Waals surface area contributed by atoms with Gasteiger partial charge in [-0.3, -0.25) is 4.79 Å². The second-order valence-electron chi connectivity index (χ2n) is 15.9. The van der Waals surface area contributed by atoms with Gasteiger partial charge in [-0.1, -0.05) is 25.8 Å². The molecule has 10 heteroatoms. The predicted molar refractivity (Wildman–Crippen MR) is 193 cm³/mol. The standard InChI is InChI=1S/C40H67NO9/c1-39(2,3)50-37(43)16-20-45-22-24-47-25-23-46-21-19-41(5)18-9-7-8-10-30-26-31-27-32(48-28-42)11-12-33(31)34-15-17-40(4)35(38(30)34)13-14-36(40)49-29-44-6/h11-12,27,30,34-36,38,42H,7-10,13-26,28-29H2,1-6H3/t30-,34-,35+,36+,38?,40+/m1/s1. The molecule has 0 radical (unpaired) electrons. The van der Waals surface area contributed by atoms with E-state index in [0.29, 0.717) is 70.1 Å². The van der Waals surface area contributed by atoms with Crippen LogP contribution in [0.3, 0.4) is 0 Å². The number of fused-ring (bicyclic) bond motifs is 5. The first-order valence-corrected chi connectivity index (χ1v) is 19.2. The predicted octanol–water partition coefficient (Wildman–Crippen LogP) is 6.36. The van der Waals surface area contributed by atoms with Crippen LogP contribution in [0.5, 0.6) is 5.75 Å². The summed E-state index contributed by atoms with van der Waals surface area (Å²) in [6.45, 7) is 13.2. The number of hydrogen-bond donors (Lipinski definition) is 1. The molecule has 0 amide bonds. The largest absolute Gasteiger partial charge is 0.468 e. The molecule has 0 spiro atoms. The fraction of sp³-hybridized carbons (Fsp3) is 0.825. The lowest BCUT2D eigenvalue weighted by atomic mass is 9.52. The molecule has 6 atom stereocenters. The number of ether oxygens (including phenoxy) is 7. The zero-order valence-corrected chi connectivity index (χ0v) is 31.9. The average molecular weight is 706 g/mol. The number of likely N-dealkylation sites (N-methyl/N-ethyl adjacent to an activating group) is 1. The molecule has 2 saturated carbocycles.